The number of nitrogens with one attached hydrogen (secondary N) is 1. The number of likely N-dealkylation sites (tertiary alicyclic amines) is 1. The Balaban J connectivity index is 1.75. The van der Waals surface area contributed by atoms with Crippen molar-refractivity contribution in [2.24, 2.45) is 5.92 Å². The van der Waals surface area contributed by atoms with E-state index in [1.807, 2.05) is 0 Å². The number of amides is 1. The molecule has 2 unspecified atom stereocenters. The van der Waals surface area contributed by atoms with E-state index in [9.17, 15) is 4.79 Å². The van der Waals surface area contributed by atoms with Gasteiger partial charge >= 0.3 is 6.09 Å². The van der Waals surface area contributed by atoms with E-state index in [0.29, 0.717) is 6.54 Å². The molecule has 4 nitrogen and oxygen atoms in total. The normalized spacial score (nSPS) is 34.7. The fourth-order valence-electron chi connectivity index (χ4n) is 2.01. The molecule has 1 N–H and O–H groups in total. The highest BCUT2D eigenvalue weighted by Gasteiger charge is 2.27. The van der Waals surface area contributed by atoms with Crippen LogP contribution >= 0.6 is 0 Å². The zero-order valence-corrected chi connectivity index (χ0v) is 7.95. The maximum absolute atomic E-state index is 10.7. The molecule has 2 heterocycles. The highest BCUT2D eigenvalue weighted by Crippen LogP contribution is 2.16. The van der Waals surface area contributed by atoms with Crippen molar-refractivity contribution in [3.63, 3.8) is 0 Å². The molecule has 0 aromatic heterocycles. The summed E-state index contributed by atoms with van der Waals surface area (Å²) in [7, 11) is 0. The van der Waals surface area contributed by atoms with Gasteiger partial charge in [-0.1, -0.05) is 6.92 Å². The Morgan fingerprint density at radius 1 is 1.69 bits per heavy atom. The first kappa shape index (κ1) is 8.81. The van der Waals surface area contributed by atoms with Crippen molar-refractivity contribution in [2.45, 2.75) is 19.4 Å². The molecule has 2 rings (SSSR count). The molecule has 2 saturated heterocycles. The maximum atomic E-state index is 10.7. The van der Waals surface area contributed by atoms with Gasteiger partial charge in [0.2, 0.25) is 0 Å². The van der Waals surface area contributed by atoms with Gasteiger partial charge in [-0.05, 0) is 18.9 Å². The number of hydrogen-bond donors (Lipinski definition) is 1. The van der Waals surface area contributed by atoms with Crippen molar-refractivity contribution in [3.8, 4) is 0 Å². The topological polar surface area (TPSA) is 41.6 Å². The van der Waals surface area contributed by atoms with Gasteiger partial charge in [0.05, 0.1) is 6.54 Å². The predicted octanol–water partition coefficient (Wildman–Crippen LogP) is 0.437. The molecule has 0 aromatic rings. The third-order valence-corrected chi connectivity index (χ3v) is 2.72. The summed E-state index contributed by atoms with van der Waals surface area (Å²) in [6.07, 6.45) is 1.07. The van der Waals surface area contributed by atoms with Gasteiger partial charge in [0, 0.05) is 13.1 Å². The van der Waals surface area contributed by atoms with Crippen LogP contribution in [0.5, 0.6) is 0 Å². The Morgan fingerprint density at radius 2 is 2.54 bits per heavy atom. The second-order valence-electron chi connectivity index (χ2n) is 4.06. The third kappa shape index (κ3) is 2.12. The highest BCUT2D eigenvalue weighted by molar-refractivity contribution is 5.69. The molecule has 1 amide bonds. The van der Waals surface area contributed by atoms with Crippen LogP contribution in [0, 0.1) is 5.92 Å². The highest BCUT2D eigenvalue weighted by atomic mass is 16.6. The Bertz CT molecular complexity index is 208. The molecule has 0 bridgehead atoms. The van der Waals surface area contributed by atoms with Gasteiger partial charge in [0.25, 0.3) is 0 Å². The molecule has 0 radical (unpaired) electrons. The largest absolute Gasteiger partial charge is 0.443 e. The SMILES string of the molecule is CC1CCN(CC2CNC(=O)O2)C1. The minimum absolute atomic E-state index is 0.0674. The lowest BCUT2D eigenvalue weighted by molar-refractivity contribution is 0.115. The fourth-order valence-corrected chi connectivity index (χ4v) is 2.01. The molecule has 2 atom stereocenters. The smallest absolute Gasteiger partial charge is 0.407 e. The molecule has 13 heavy (non-hydrogen) atoms. The van der Waals surface area contributed by atoms with Gasteiger partial charge in [0.1, 0.15) is 6.10 Å². The molecule has 0 spiro atoms. The summed E-state index contributed by atoms with van der Waals surface area (Å²) in [6, 6.07) is 0. The first-order valence-corrected chi connectivity index (χ1v) is 4.91. The van der Waals surface area contributed by atoms with Gasteiger partial charge in [-0.15, -0.1) is 0 Å². The number of alkyl carbamates (subject to hydrolysis) is 1. The number of carbonyl (C=O) groups is 1. The van der Waals surface area contributed by atoms with Crippen LogP contribution in [0.3, 0.4) is 0 Å². The molecule has 0 saturated carbocycles. The standard InChI is InChI=1S/C9H16N2O2/c1-7-2-3-11(5-7)6-8-4-10-9(12)13-8/h7-8H,2-6H2,1H3,(H,10,12). The first-order chi connectivity index (χ1) is 6.24. The van der Waals surface area contributed by atoms with E-state index in [2.05, 4.69) is 17.1 Å². The molecule has 0 aliphatic carbocycles. The van der Waals surface area contributed by atoms with Crippen molar-refractivity contribution in [1.29, 1.82) is 0 Å². The number of cyclic esters (lactones) is 1. The molecular formula is C9H16N2O2. The monoisotopic (exact) mass is 184 g/mol. The minimum atomic E-state index is -0.266. The summed E-state index contributed by atoms with van der Waals surface area (Å²) in [5, 5.41) is 2.67. The van der Waals surface area contributed by atoms with E-state index in [0.717, 1.165) is 25.6 Å². The maximum Gasteiger partial charge on any atom is 0.407 e. The van der Waals surface area contributed by atoms with Crippen LogP contribution in [-0.4, -0.2) is 43.3 Å². The number of nitrogens with zero attached hydrogens (tertiary/aromatic N) is 1. The lowest BCUT2D eigenvalue weighted by Crippen LogP contribution is -2.32. The quantitative estimate of drug-likeness (QED) is 0.677. The van der Waals surface area contributed by atoms with Gasteiger partial charge in [0.15, 0.2) is 0 Å². The van der Waals surface area contributed by atoms with Crippen LogP contribution in [-0.2, 0) is 4.74 Å². The Hall–Kier alpha value is -0.770. The second kappa shape index (κ2) is 3.54. The zero-order valence-electron chi connectivity index (χ0n) is 7.95. The first-order valence-electron chi connectivity index (χ1n) is 4.91. The zero-order chi connectivity index (χ0) is 9.26. The van der Waals surface area contributed by atoms with Gasteiger partial charge < -0.3 is 10.1 Å². The number of ether oxygens (including phenoxy) is 1. The van der Waals surface area contributed by atoms with Crippen molar-refractivity contribution < 1.29 is 9.53 Å². The van der Waals surface area contributed by atoms with Crippen molar-refractivity contribution in [3.05, 3.63) is 0 Å². The number of rotatable bonds is 2. The lowest BCUT2D eigenvalue weighted by Gasteiger charge is -2.18. The average Bonchev–Trinajstić information content (AvgIpc) is 2.62. The van der Waals surface area contributed by atoms with Gasteiger partial charge in [-0.3, -0.25) is 4.90 Å². The third-order valence-electron chi connectivity index (χ3n) is 2.72. The van der Waals surface area contributed by atoms with Gasteiger partial charge in [-0.2, -0.15) is 0 Å². The molecule has 2 aliphatic rings. The summed E-state index contributed by atoms with van der Waals surface area (Å²) in [4.78, 5) is 13.1. The summed E-state index contributed by atoms with van der Waals surface area (Å²) >= 11 is 0. The molecular weight excluding hydrogens is 168 g/mol. The van der Waals surface area contributed by atoms with E-state index < -0.39 is 0 Å². The van der Waals surface area contributed by atoms with Crippen molar-refractivity contribution in [1.82, 2.24) is 10.2 Å². The van der Waals surface area contributed by atoms with Crippen LogP contribution < -0.4 is 5.32 Å². The Morgan fingerprint density at radius 3 is 3.08 bits per heavy atom. The second-order valence-corrected chi connectivity index (χ2v) is 4.06. The molecule has 2 aliphatic heterocycles. The van der Waals surface area contributed by atoms with Crippen LogP contribution in [0.15, 0.2) is 0 Å². The van der Waals surface area contributed by atoms with E-state index >= 15 is 0 Å². The van der Waals surface area contributed by atoms with E-state index in [1.54, 1.807) is 0 Å². The van der Waals surface area contributed by atoms with Crippen molar-refractivity contribution in [2.75, 3.05) is 26.2 Å². The van der Waals surface area contributed by atoms with Crippen LogP contribution in [0.2, 0.25) is 0 Å². The summed E-state index contributed by atoms with van der Waals surface area (Å²) < 4.78 is 5.07. The van der Waals surface area contributed by atoms with Gasteiger partial charge in [-0.25, -0.2) is 4.79 Å². The molecule has 2 fully saturated rings. The molecule has 0 aromatic carbocycles. The minimum Gasteiger partial charge on any atom is -0.443 e. The molecule has 4 heteroatoms. The summed E-state index contributed by atoms with van der Waals surface area (Å²) in [5.41, 5.74) is 0. The van der Waals surface area contributed by atoms with Crippen LogP contribution in [0.4, 0.5) is 4.79 Å². The van der Waals surface area contributed by atoms with E-state index in [4.69, 9.17) is 4.74 Å². The predicted molar refractivity (Wildman–Crippen MR) is 48.5 cm³/mol. The van der Waals surface area contributed by atoms with Crippen LogP contribution in [0.25, 0.3) is 0 Å². The number of carbonyl (C=O) groups excluding carboxylic acids is 1. The van der Waals surface area contributed by atoms with Crippen molar-refractivity contribution >= 4 is 6.09 Å². The van der Waals surface area contributed by atoms with E-state index in [-0.39, 0.29) is 12.2 Å². The summed E-state index contributed by atoms with van der Waals surface area (Å²) in [6.45, 7) is 6.12. The van der Waals surface area contributed by atoms with Crippen LogP contribution in [0.1, 0.15) is 13.3 Å². The summed E-state index contributed by atoms with van der Waals surface area (Å²) in [5.74, 6) is 0.796. The van der Waals surface area contributed by atoms with E-state index in [1.165, 1.54) is 6.42 Å². The lowest BCUT2D eigenvalue weighted by atomic mass is 10.2. The molecule has 74 valence electrons. The fraction of sp³-hybridized carbons (Fsp3) is 0.889. The Labute approximate surface area is 78.2 Å². The average molecular weight is 184 g/mol. The number of hydrogen-bond acceptors (Lipinski definition) is 3. The Kier molecular flexibility index (Phi) is 2.40.